The van der Waals surface area contributed by atoms with Crippen molar-refractivity contribution in [1.82, 2.24) is 5.32 Å². The Kier molecular flexibility index (Phi) is 6.84. The highest BCUT2D eigenvalue weighted by molar-refractivity contribution is 5.97. The lowest BCUT2D eigenvalue weighted by atomic mass is 10.1. The van der Waals surface area contributed by atoms with Gasteiger partial charge in [0.15, 0.2) is 0 Å². The summed E-state index contributed by atoms with van der Waals surface area (Å²) >= 11 is 0. The highest BCUT2D eigenvalue weighted by Gasteiger charge is 2.12. The van der Waals surface area contributed by atoms with Crippen LogP contribution in [-0.4, -0.2) is 37.6 Å². The number of nitrogens with two attached hydrogens (primary N) is 1. The standard InChI is InChI=1S/C15H23N3O3/c1-10(2)17-15(20)11-5-4-6-12(7-11)18-14(19)8-13(9-16)21-3/h4-7,10,13H,8-9,16H2,1-3H3,(H,17,20)(H,18,19). The summed E-state index contributed by atoms with van der Waals surface area (Å²) in [6.45, 7) is 4.06. The molecule has 1 atom stereocenters. The number of rotatable bonds is 7. The van der Waals surface area contributed by atoms with Crippen LogP contribution < -0.4 is 16.4 Å². The molecule has 116 valence electrons. The summed E-state index contributed by atoms with van der Waals surface area (Å²) < 4.78 is 5.06. The van der Waals surface area contributed by atoms with Crippen LogP contribution in [0.3, 0.4) is 0 Å². The SMILES string of the molecule is COC(CN)CC(=O)Nc1cccc(C(=O)NC(C)C)c1. The van der Waals surface area contributed by atoms with Crippen molar-refractivity contribution in [3.05, 3.63) is 29.8 Å². The van der Waals surface area contributed by atoms with Crippen LogP contribution >= 0.6 is 0 Å². The van der Waals surface area contributed by atoms with Gasteiger partial charge in [0.25, 0.3) is 5.91 Å². The number of carbonyl (C=O) groups is 2. The van der Waals surface area contributed by atoms with Gasteiger partial charge in [0.05, 0.1) is 12.5 Å². The zero-order chi connectivity index (χ0) is 15.8. The number of nitrogens with one attached hydrogen (secondary N) is 2. The smallest absolute Gasteiger partial charge is 0.251 e. The molecular formula is C15H23N3O3. The van der Waals surface area contributed by atoms with E-state index >= 15 is 0 Å². The molecule has 0 saturated carbocycles. The molecule has 0 bridgehead atoms. The minimum Gasteiger partial charge on any atom is -0.380 e. The van der Waals surface area contributed by atoms with Crippen LogP contribution in [0.1, 0.15) is 30.6 Å². The molecule has 0 aliphatic carbocycles. The molecule has 1 aromatic rings. The first-order valence-corrected chi connectivity index (χ1v) is 6.90. The lowest BCUT2D eigenvalue weighted by Crippen LogP contribution is -2.30. The van der Waals surface area contributed by atoms with Gasteiger partial charge in [0, 0.05) is 30.9 Å². The first kappa shape index (κ1) is 17.1. The van der Waals surface area contributed by atoms with Gasteiger partial charge < -0.3 is 21.1 Å². The molecule has 1 rings (SSSR count). The number of benzene rings is 1. The van der Waals surface area contributed by atoms with Gasteiger partial charge in [-0.05, 0) is 32.0 Å². The average Bonchev–Trinajstić information content (AvgIpc) is 2.44. The van der Waals surface area contributed by atoms with Crippen molar-refractivity contribution >= 4 is 17.5 Å². The molecule has 0 fully saturated rings. The van der Waals surface area contributed by atoms with Crippen molar-refractivity contribution in [3.63, 3.8) is 0 Å². The van der Waals surface area contributed by atoms with Gasteiger partial charge in [0.2, 0.25) is 5.91 Å². The maximum absolute atomic E-state index is 11.9. The van der Waals surface area contributed by atoms with Gasteiger partial charge in [-0.15, -0.1) is 0 Å². The molecule has 0 aliphatic heterocycles. The monoisotopic (exact) mass is 293 g/mol. The normalized spacial score (nSPS) is 12.0. The Labute approximate surface area is 125 Å². The highest BCUT2D eigenvalue weighted by Crippen LogP contribution is 2.12. The lowest BCUT2D eigenvalue weighted by Gasteiger charge is -2.13. The number of methoxy groups -OCH3 is 1. The van der Waals surface area contributed by atoms with Gasteiger partial charge >= 0.3 is 0 Å². The van der Waals surface area contributed by atoms with E-state index in [0.717, 1.165) is 0 Å². The Morgan fingerprint density at radius 1 is 1.33 bits per heavy atom. The third-order valence-corrected chi connectivity index (χ3v) is 2.84. The van der Waals surface area contributed by atoms with Crippen LogP contribution in [0.4, 0.5) is 5.69 Å². The fourth-order valence-corrected chi connectivity index (χ4v) is 1.77. The summed E-state index contributed by atoms with van der Waals surface area (Å²) in [5.41, 5.74) is 6.55. The van der Waals surface area contributed by atoms with E-state index in [1.165, 1.54) is 7.11 Å². The zero-order valence-electron chi connectivity index (χ0n) is 12.7. The Hall–Kier alpha value is -1.92. The van der Waals surface area contributed by atoms with Crippen LogP contribution in [0.25, 0.3) is 0 Å². The number of amides is 2. The summed E-state index contributed by atoms with van der Waals surface area (Å²) in [5.74, 6) is -0.369. The molecule has 0 heterocycles. The number of ether oxygens (including phenoxy) is 1. The van der Waals surface area contributed by atoms with Crippen molar-refractivity contribution < 1.29 is 14.3 Å². The van der Waals surface area contributed by atoms with Crippen molar-refractivity contribution in [2.75, 3.05) is 19.0 Å². The van der Waals surface area contributed by atoms with Crippen LogP contribution in [0, 0.1) is 0 Å². The van der Waals surface area contributed by atoms with E-state index in [0.29, 0.717) is 11.3 Å². The second-order valence-corrected chi connectivity index (χ2v) is 5.05. The van der Waals surface area contributed by atoms with Crippen molar-refractivity contribution in [3.8, 4) is 0 Å². The van der Waals surface area contributed by atoms with Crippen LogP contribution in [-0.2, 0) is 9.53 Å². The fourth-order valence-electron chi connectivity index (χ4n) is 1.77. The number of anilines is 1. The van der Waals surface area contributed by atoms with Crippen molar-refractivity contribution in [2.24, 2.45) is 5.73 Å². The predicted molar refractivity (Wildman–Crippen MR) is 82.1 cm³/mol. The van der Waals surface area contributed by atoms with Gasteiger partial charge in [-0.3, -0.25) is 9.59 Å². The lowest BCUT2D eigenvalue weighted by molar-refractivity contribution is -0.118. The predicted octanol–water partition coefficient (Wildman–Crippen LogP) is 1.13. The second kappa shape index (κ2) is 8.39. The quantitative estimate of drug-likeness (QED) is 0.702. The Bertz CT molecular complexity index is 485. The van der Waals surface area contributed by atoms with E-state index < -0.39 is 0 Å². The third kappa shape index (κ3) is 5.93. The molecule has 21 heavy (non-hydrogen) atoms. The molecule has 0 radical (unpaired) electrons. The molecule has 1 aromatic carbocycles. The van der Waals surface area contributed by atoms with E-state index in [2.05, 4.69) is 10.6 Å². The van der Waals surface area contributed by atoms with E-state index in [1.807, 2.05) is 13.8 Å². The largest absolute Gasteiger partial charge is 0.380 e. The molecule has 6 heteroatoms. The summed E-state index contributed by atoms with van der Waals surface area (Å²) in [4.78, 5) is 23.8. The summed E-state index contributed by atoms with van der Waals surface area (Å²) in [6.07, 6.45) is -0.132. The molecule has 2 amide bonds. The Balaban J connectivity index is 2.68. The average molecular weight is 293 g/mol. The summed E-state index contributed by atoms with van der Waals surface area (Å²) in [7, 11) is 1.52. The summed E-state index contributed by atoms with van der Waals surface area (Å²) in [6, 6.07) is 6.85. The fraction of sp³-hybridized carbons (Fsp3) is 0.467. The molecular weight excluding hydrogens is 270 g/mol. The second-order valence-electron chi connectivity index (χ2n) is 5.05. The topological polar surface area (TPSA) is 93.4 Å². The van der Waals surface area contributed by atoms with E-state index in [-0.39, 0.29) is 36.9 Å². The minimum absolute atomic E-state index is 0.0581. The molecule has 1 unspecified atom stereocenters. The van der Waals surface area contributed by atoms with Gasteiger partial charge in [-0.1, -0.05) is 6.07 Å². The van der Waals surface area contributed by atoms with Gasteiger partial charge in [-0.2, -0.15) is 0 Å². The van der Waals surface area contributed by atoms with Crippen LogP contribution in [0.2, 0.25) is 0 Å². The van der Waals surface area contributed by atoms with E-state index in [4.69, 9.17) is 10.5 Å². The number of carbonyl (C=O) groups excluding carboxylic acids is 2. The molecule has 4 N–H and O–H groups in total. The molecule has 0 aliphatic rings. The van der Waals surface area contributed by atoms with Gasteiger partial charge in [0.1, 0.15) is 0 Å². The Morgan fingerprint density at radius 3 is 2.62 bits per heavy atom. The first-order valence-electron chi connectivity index (χ1n) is 6.90. The maximum Gasteiger partial charge on any atom is 0.251 e. The summed E-state index contributed by atoms with van der Waals surface area (Å²) in [5, 5.41) is 5.54. The molecule has 0 spiro atoms. The molecule has 0 aromatic heterocycles. The Morgan fingerprint density at radius 2 is 2.05 bits per heavy atom. The van der Waals surface area contributed by atoms with Crippen LogP contribution in [0.5, 0.6) is 0 Å². The highest BCUT2D eigenvalue weighted by atomic mass is 16.5. The number of hydrogen-bond acceptors (Lipinski definition) is 4. The molecule has 6 nitrogen and oxygen atoms in total. The van der Waals surface area contributed by atoms with E-state index in [9.17, 15) is 9.59 Å². The maximum atomic E-state index is 11.9. The molecule has 0 saturated heterocycles. The van der Waals surface area contributed by atoms with Crippen LogP contribution in [0.15, 0.2) is 24.3 Å². The van der Waals surface area contributed by atoms with E-state index in [1.54, 1.807) is 24.3 Å². The van der Waals surface area contributed by atoms with Crippen molar-refractivity contribution in [1.29, 1.82) is 0 Å². The minimum atomic E-state index is -0.308. The third-order valence-electron chi connectivity index (χ3n) is 2.84. The zero-order valence-corrected chi connectivity index (χ0v) is 12.7. The number of hydrogen-bond donors (Lipinski definition) is 3. The first-order chi connectivity index (χ1) is 9.96. The van der Waals surface area contributed by atoms with Gasteiger partial charge in [-0.25, -0.2) is 0 Å². The van der Waals surface area contributed by atoms with Crippen molar-refractivity contribution in [2.45, 2.75) is 32.4 Å².